The first-order valence-corrected chi connectivity index (χ1v) is 6.57. The Morgan fingerprint density at radius 2 is 2.20 bits per heavy atom. The Hall–Kier alpha value is -2.07. The van der Waals surface area contributed by atoms with Gasteiger partial charge in [-0.3, -0.25) is 4.98 Å². The van der Waals surface area contributed by atoms with Crippen molar-refractivity contribution >= 4 is 17.6 Å². The number of halogens is 1. The summed E-state index contributed by atoms with van der Waals surface area (Å²) in [6, 6.07) is 8.57. The number of rotatable bonds is 5. The first-order valence-electron chi connectivity index (χ1n) is 6.19. The van der Waals surface area contributed by atoms with Crippen molar-refractivity contribution in [3.8, 4) is 5.75 Å². The summed E-state index contributed by atoms with van der Waals surface area (Å²) in [5, 5.41) is 0.374. The molecule has 0 saturated heterocycles. The Labute approximate surface area is 122 Å². The van der Waals surface area contributed by atoms with Crippen molar-refractivity contribution in [2.45, 2.75) is 13.5 Å². The average molecular weight is 292 g/mol. The monoisotopic (exact) mass is 291 g/mol. The fourth-order valence-electron chi connectivity index (χ4n) is 1.60. The standard InChI is InChI=1S/C15H14ClNO3/c1-2-19-15(18)12-5-6-14(13(16)8-12)20-10-11-4-3-7-17-9-11/h3-9H,2,10H2,1H3. The average Bonchev–Trinajstić information content (AvgIpc) is 2.47. The Kier molecular flexibility index (Phi) is 4.96. The van der Waals surface area contributed by atoms with Crippen LogP contribution >= 0.6 is 11.6 Å². The van der Waals surface area contributed by atoms with Crippen LogP contribution in [0.1, 0.15) is 22.8 Å². The van der Waals surface area contributed by atoms with Crippen molar-refractivity contribution in [2.75, 3.05) is 6.61 Å². The maximum absolute atomic E-state index is 11.6. The fourth-order valence-corrected chi connectivity index (χ4v) is 1.84. The Balaban J connectivity index is 2.04. The zero-order valence-corrected chi connectivity index (χ0v) is 11.8. The second-order valence-corrected chi connectivity index (χ2v) is 4.42. The van der Waals surface area contributed by atoms with Crippen LogP contribution in [0.5, 0.6) is 5.75 Å². The van der Waals surface area contributed by atoms with E-state index in [1.807, 2.05) is 12.1 Å². The summed E-state index contributed by atoms with van der Waals surface area (Å²) in [4.78, 5) is 15.6. The van der Waals surface area contributed by atoms with E-state index in [1.54, 1.807) is 31.5 Å². The predicted molar refractivity (Wildman–Crippen MR) is 76.0 cm³/mol. The van der Waals surface area contributed by atoms with Gasteiger partial charge in [-0.2, -0.15) is 0 Å². The van der Waals surface area contributed by atoms with Crippen molar-refractivity contribution < 1.29 is 14.3 Å². The molecule has 0 spiro atoms. The Morgan fingerprint density at radius 1 is 1.35 bits per heavy atom. The SMILES string of the molecule is CCOC(=O)c1ccc(OCc2cccnc2)c(Cl)c1. The molecule has 0 atom stereocenters. The van der Waals surface area contributed by atoms with Crippen LogP contribution in [0.4, 0.5) is 0 Å². The molecule has 0 fully saturated rings. The number of benzene rings is 1. The third kappa shape index (κ3) is 3.71. The molecule has 2 aromatic rings. The molecule has 1 aromatic carbocycles. The minimum Gasteiger partial charge on any atom is -0.487 e. The lowest BCUT2D eigenvalue weighted by molar-refractivity contribution is 0.0526. The van der Waals surface area contributed by atoms with Gasteiger partial charge in [-0.05, 0) is 31.2 Å². The van der Waals surface area contributed by atoms with E-state index in [9.17, 15) is 4.79 Å². The minimum absolute atomic E-state index is 0.329. The number of esters is 1. The van der Waals surface area contributed by atoms with Gasteiger partial charge in [0.05, 0.1) is 17.2 Å². The van der Waals surface area contributed by atoms with Gasteiger partial charge < -0.3 is 9.47 Å². The predicted octanol–water partition coefficient (Wildman–Crippen LogP) is 3.49. The molecule has 0 unspecified atom stereocenters. The van der Waals surface area contributed by atoms with Gasteiger partial charge in [-0.1, -0.05) is 17.7 Å². The van der Waals surface area contributed by atoms with Crippen LogP contribution in [0.2, 0.25) is 5.02 Å². The maximum atomic E-state index is 11.6. The van der Waals surface area contributed by atoms with Crippen LogP contribution < -0.4 is 4.74 Å². The molecule has 0 amide bonds. The van der Waals surface area contributed by atoms with Gasteiger partial charge in [0.1, 0.15) is 12.4 Å². The lowest BCUT2D eigenvalue weighted by Gasteiger charge is -2.09. The summed E-state index contributed by atoms with van der Waals surface area (Å²) in [5.74, 6) is 0.122. The summed E-state index contributed by atoms with van der Waals surface area (Å²) >= 11 is 6.09. The van der Waals surface area contributed by atoms with E-state index in [0.29, 0.717) is 29.5 Å². The molecule has 0 N–H and O–H groups in total. The van der Waals surface area contributed by atoms with Gasteiger partial charge in [0.15, 0.2) is 0 Å². The third-order valence-electron chi connectivity index (χ3n) is 2.56. The van der Waals surface area contributed by atoms with Gasteiger partial charge in [-0.25, -0.2) is 4.79 Å². The molecule has 1 heterocycles. The van der Waals surface area contributed by atoms with Gasteiger partial charge in [0.2, 0.25) is 0 Å². The quantitative estimate of drug-likeness (QED) is 0.791. The van der Waals surface area contributed by atoms with Gasteiger partial charge in [0.25, 0.3) is 0 Å². The second-order valence-electron chi connectivity index (χ2n) is 4.02. The molecule has 2 rings (SSSR count). The van der Waals surface area contributed by atoms with Crippen molar-refractivity contribution in [1.82, 2.24) is 4.98 Å². The van der Waals surface area contributed by atoms with Crippen LogP contribution in [-0.4, -0.2) is 17.6 Å². The highest BCUT2D eigenvalue weighted by Gasteiger charge is 2.10. The molecule has 0 aliphatic carbocycles. The van der Waals surface area contributed by atoms with Gasteiger partial charge >= 0.3 is 5.97 Å². The molecule has 1 aromatic heterocycles. The van der Waals surface area contributed by atoms with Crippen LogP contribution in [-0.2, 0) is 11.3 Å². The normalized spacial score (nSPS) is 10.1. The van der Waals surface area contributed by atoms with E-state index < -0.39 is 5.97 Å². The highest BCUT2D eigenvalue weighted by Crippen LogP contribution is 2.26. The molecule has 4 nitrogen and oxygen atoms in total. The van der Waals surface area contributed by atoms with E-state index in [-0.39, 0.29) is 0 Å². The number of aromatic nitrogens is 1. The summed E-state index contributed by atoms with van der Waals surface area (Å²) in [7, 11) is 0. The lowest BCUT2D eigenvalue weighted by Crippen LogP contribution is -2.05. The highest BCUT2D eigenvalue weighted by molar-refractivity contribution is 6.32. The van der Waals surface area contributed by atoms with E-state index in [1.165, 1.54) is 6.07 Å². The fraction of sp³-hybridized carbons (Fsp3) is 0.200. The van der Waals surface area contributed by atoms with E-state index in [0.717, 1.165) is 5.56 Å². The number of carbonyl (C=O) groups is 1. The van der Waals surface area contributed by atoms with Crippen molar-refractivity contribution in [3.63, 3.8) is 0 Å². The van der Waals surface area contributed by atoms with Gasteiger partial charge in [0, 0.05) is 18.0 Å². The summed E-state index contributed by atoms with van der Waals surface area (Å²) < 4.78 is 10.5. The largest absolute Gasteiger partial charge is 0.487 e. The number of carbonyl (C=O) groups excluding carboxylic acids is 1. The smallest absolute Gasteiger partial charge is 0.338 e. The van der Waals surface area contributed by atoms with E-state index in [4.69, 9.17) is 21.1 Å². The van der Waals surface area contributed by atoms with Crippen LogP contribution in [0, 0.1) is 0 Å². The molecule has 0 bridgehead atoms. The zero-order valence-electron chi connectivity index (χ0n) is 11.0. The summed E-state index contributed by atoms with van der Waals surface area (Å²) in [6.45, 7) is 2.45. The number of hydrogen-bond acceptors (Lipinski definition) is 4. The lowest BCUT2D eigenvalue weighted by atomic mass is 10.2. The zero-order chi connectivity index (χ0) is 14.4. The molecule has 104 valence electrons. The number of pyridine rings is 1. The first kappa shape index (κ1) is 14.3. The second kappa shape index (κ2) is 6.91. The highest BCUT2D eigenvalue weighted by atomic mass is 35.5. The molecular weight excluding hydrogens is 278 g/mol. The van der Waals surface area contributed by atoms with Crippen molar-refractivity contribution in [2.24, 2.45) is 0 Å². The number of nitrogens with zero attached hydrogens (tertiary/aromatic N) is 1. The van der Waals surface area contributed by atoms with E-state index >= 15 is 0 Å². The summed E-state index contributed by atoms with van der Waals surface area (Å²) in [5.41, 5.74) is 1.35. The Morgan fingerprint density at radius 3 is 2.85 bits per heavy atom. The van der Waals surface area contributed by atoms with Crippen LogP contribution in [0.3, 0.4) is 0 Å². The van der Waals surface area contributed by atoms with Crippen molar-refractivity contribution in [3.05, 3.63) is 58.9 Å². The number of ether oxygens (including phenoxy) is 2. The minimum atomic E-state index is -0.395. The van der Waals surface area contributed by atoms with Crippen molar-refractivity contribution in [1.29, 1.82) is 0 Å². The third-order valence-corrected chi connectivity index (χ3v) is 2.86. The van der Waals surface area contributed by atoms with Gasteiger partial charge in [-0.15, -0.1) is 0 Å². The topological polar surface area (TPSA) is 48.4 Å². The van der Waals surface area contributed by atoms with Crippen LogP contribution in [0.25, 0.3) is 0 Å². The van der Waals surface area contributed by atoms with Crippen LogP contribution in [0.15, 0.2) is 42.7 Å². The molecule has 0 saturated carbocycles. The molecule has 0 aliphatic rings. The molecule has 5 heteroatoms. The first-order chi connectivity index (χ1) is 9.70. The molecule has 20 heavy (non-hydrogen) atoms. The Bertz CT molecular complexity index is 587. The molecular formula is C15H14ClNO3. The maximum Gasteiger partial charge on any atom is 0.338 e. The molecule has 0 aliphatic heterocycles. The number of hydrogen-bond donors (Lipinski definition) is 0. The van der Waals surface area contributed by atoms with E-state index in [2.05, 4.69) is 4.98 Å². The molecule has 0 radical (unpaired) electrons. The summed E-state index contributed by atoms with van der Waals surface area (Å²) in [6.07, 6.45) is 3.42.